The van der Waals surface area contributed by atoms with Gasteiger partial charge in [-0.1, -0.05) is 11.6 Å². The van der Waals surface area contributed by atoms with E-state index in [2.05, 4.69) is 9.46 Å². The van der Waals surface area contributed by atoms with E-state index < -0.39 is 27.9 Å². The highest BCUT2D eigenvalue weighted by Gasteiger charge is 2.23. The number of esters is 1. The molecule has 0 saturated heterocycles. The van der Waals surface area contributed by atoms with Crippen LogP contribution in [0.2, 0.25) is 5.02 Å². The molecule has 106 valence electrons. The van der Waals surface area contributed by atoms with Gasteiger partial charge in [0.2, 0.25) is 10.0 Å². The van der Waals surface area contributed by atoms with Crippen LogP contribution in [0.3, 0.4) is 0 Å². The molecule has 0 radical (unpaired) electrons. The van der Waals surface area contributed by atoms with Gasteiger partial charge in [-0.3, -0.25) is 4.79 Å². The molecule has 1 N–H and O–H groups in total. The van der Waals surface area contributed by atoms with Crippen LogP contribution in [0.1, 0.15) is 13.8 Å². The number of hydrogen-bond acceptors (Lipinski definition) is 4. The van der Waals surface area contributed by atoms with E-state index in [-0.39, 0.29) is 16.5 Å². The number of carbonyl (C=O) groups is 1. The van der Waals surface area contributed by atoms with E-state index in [4.69, 9.17) is 11.6 Å². The minimum atomic E-state index is -3.96. The van der Waals surface area contributed by atoms with Crippen molar-refractivity contribution >= 4 is 27.6 Å². The third kappa shape index (κ3) is 4.15. The fourth-order valence-corrected chi connectivity index (χ4v) is 2.72. The molecule has 1 aromatic carbocycles. The summed E-state index contributed by atoms with van der Waals surface area (Å²) in [5.41, 5.74) is 0. The maximum Gasteiger partial charge on any atom is 0.323 e. The Morgan fingerprint density at radius 3 is 2.68 bits per heavy atom. The van der Waals surface area contributed by atoms with Crippen LogP contribution < -0.4 is 4.72 Å². The Morgan fingerprint density at radius 2 is 2.16 bits per heavy atom. The number of ether oxygens (including phenoxy) is 1. The Bertz CT molecular complexity index is 576. The van der Waals surface area contributed by atoms with E-state index in [1.807, 2.05) is 0 Å². The largest absolute Gasteiger partial charge is 0.465 e. The lowest BCUT2D eigenvalue weighted by Crippen LogP contribution is -2.39. The van der Waals surface area contributed by atoms with Gasteiger partial charge in [0, 0.05) is 0 Å². The van der Waals surface area contributed by atoms with Crippen LogP contribution in [0.25, 0.3) is 0 Å². The molecule has 0 saturated carbocycles. The number of halogens is 2. The minimum absolute atomic E-state index is 0.146. The van der Waals surface area contributed by atoms with E-state index in [0.717, 1.165) is 18.2 Å². The van der Waals surface area contributed by atoms with Crippen molar-refractivity contribution in [3.05, 3.63) is 29.0 Å². The van der Waals surface area contributed by atoms with Crippen LogP contribution in [-0.2, 0) is 19.6 Å². The predicted octanol–water partition coefficient (Wildman–Crippen LogP) is 1.71. The van der Waals surface area contributed by atoms with E-state index >= 15 is 0 Å². The molecule has 0 heterocycles. The normalized spacial score (nSPS) is 13.1. The van der Waals surface area contributed by atoms with Gasteiger partial charge in [0.15, 0.2) is 0 Å². The van der Waals surface area contributed by atoms with Gasteiger partial charge < -0.3 is 4.74 Å². The second-order valence-corrected chi connectivity index (χ2v) is 5.79. The van der Waals surface area contributed by atoms with Crippen molar-refractivity contribution in [3.8, 4) is 0 Å². The molecular weight excluding hydrogens is 297 g/mol. The fraction of sp³-hybridized carbons (Fsp3) is 0.364. The Labute approximate surface area is 115 Å². The molecule has 1 aromatic rings. The lowest BCUT2D eigenvalue weighted by molar-refractivity contribution is -0.144. The highest BCUT2D eigenvalue weighted by molar-refractivity contribution is 7.89. The molecule has 0 aromatic heterocycles. The van der Waals surface area contributed by atoms with Crippen LogP contribution in [0, 0.1) is 5.82 Å². The van der Waals surface area contributed by atoms with E-state index in [1.165, 1.54) is 6.92 Å². The maximum atomic E-state index is 13.0. The Morgan fingerprint density at radius 1 is 1.53 bits per heavy atom. The Hall–Kier alpha value is -1.18. The SMILES string of the molecule is CCOC(=O)C(C)NS(=O)(=O)c1ccc(F)c(Cl)c1. The number of nitrogens with one attached hydrogen (secondary N) is 1. The van der Waals surface area contributed by atoms with Crippen molar-refractivity contribution in [1.82, 2.24) is 4.72 Å². The summed E-state index contributed by atoms with van der Waals surface area (Å²) in [7, 11) is -3.96. The molecule has 0 spiro atoms. The molecule has 1 atom stereocenters. The zero-order valence-electron chi connectivity index (χ0n) is 10.3. The quantitative estimate of drug-likeness (QED) is 0.840. The summed E-state index contributed by atoms with van der Waals surface area (Å²) in [4.78, 5) is 11.1. The van der Waals surface area contributed by atoms with Gasteiger partial charge in [-0.15, -0.1) is 0 Å². The van der Waals surface area contributed by atoms with Crippen LogP contribution in [-0.4, -0.2) is 27.0 Å². The summed E-state index contributed by atoms with van der Waals surface area (Å²) in [6.07, 6.45) is 0. The van der Waals surface area contributed by atoms with Crippen molar-refractivity contribution in [2.24, 2.45) is 0 Å². The highest BCUT2D eigenvalue weighted by atomic mass is 35.5. The van der Waals surface area contributed by atoms with Crippen molar-refractivity contribution in [1.29, 1.82) is 0 Å². The standard InChI is InChI=1S/C11H13ClFNO4S/c1-3-18-11(15)7(2)14-19(16,17)8-4-5-10(13)9(12)6-8/h4-7,14H,3H2,1-2H3. The molecule has 0 aliphatic carbocycles. The lowest BCUT2D eigenvalue weighted by Gasteiger charge is -2.13. The van der Waals surface area contributed by atoms with Crippen LogP contribution in [0.4, 0.5) is 4.39 Å². The number of carbonyl (C=O) groups excluding carboxylic acids is 1. The van der Waals surface area contributed by atoms with Crippen molar-refractivity contribution in [2.45, 2.75) is 24.8 Å². The topological polar surface area (TPSA) is 72.5 Å². The summed E-state index contributed by atoms with van der Waals surface area (Å²) < 4.78 is 43.6. The molecular formula is C11H13ClFNO4S. The monoisotopic (exact) mass is 309 g/mol. The van der Waals surface area contributed by atoms with Gasteiger partial charge in [-0.2, -0.15) is 4.72 Å². The van der Waals surface area contributed by atoms with E-state index in [1.54, 1.807) is 6.92 Å². The fourth-order valence-electron chi connectivity index (χ4n) is 1.26. The van der Waals surface area contributed by atoms with Gasteiger partial charge >= 0.3 is 5.97 Å². The second-order valence-electron chi connectivity index (χ2n) is 3.67. The number of rotatable bonds is 5. The first kappa shape index (κ1) is 15.9. The summed E-state index contributed by atoms with van der Waals surface area (Å²) in [5, 5.41) is -0.313. The zero-order chi connectivity index (χ0) is 14.6. The van der Waals surface area contributed by atoms with E-state index in [0.29, 0.717) is 0 Å². The van der Waals surface area contributed by atoms with Gasteiger partial charge in [0.25, 0.3) is 0 Å². The van der Waals surface area contributed by atoms with Crippen molar-refractivity contribution in [3.63, 3.8) is 0 Å². The van der Waals surface area contributed by atoms with Crippen molar-refractivity contribution in [2.75, 3.05) is 6.61 Å². The molecule has 0 aliphatic heterocycles. The van der Waals surface area contributed by atoms with Gasteiger partial charge in [0.05, 0.1) is 16.5 Å². The molecule has 0 amide bonds. The molecule has 0 aliphatic rings. The Balaban J connectivity index is 2.92. The molecule has 1 rings (SSSR count). The zero-order valence-corrected chi connectivity index (χ0v) is 11.9. The first-order valence-corrected chi connectivity index (χ1v) is 7.28. The summed E-state index contributed by atoms with van der Waals surface area (Å²) in [6, 6.07) is 1.92. The average Bonchev–Trinajstić information content (AvgIpc) is 2.32. The van der Waals surface area contributed by atoms with Crippen molar-refractivity contribution < 1.29 is 22.3 Å². The van der Waals surface area contributed by atoms with Gasteiger partial charge in [-0.25, -0.2) is 12.8 Å². The number of benzene rings is 1. The highest BCUT2D eigenvalue weighted by Crippen LogP contribution is 2.19. The molecule has 0 fully saturated rings. The Kier molecular flexibility index (Phi) is 5.28. The average molecular weight is 310 g/mol. The first-order chi connectivity index (χ1) is 8.77. The number of sulfonamides is 1. The van der Waals surface area contributed by atoms with E-state index in [9.17, 15) is 17.6 Å². The summed E-state index contributed by atoms with van der Waals surface area (Å²) in [5.74, 6) is -1.42. The third-order valence-electron chi connectivity index (χ3n) is 2.17. The summed E-state index contributed by atoms with van der Waals surface area (Å²) in [6.45, 7) is 3.10. The minimum Gasteiger partial charge on any atom is -0.465 e. The van der Waals surface area contributed by atoms with Crippen LogP contribution in [0.5, 0.6) is 0 Å². The maximum absolute atomic E-state index is 13.0. The predicted molar refractivity (Wildman–Crippen MR) is 67.8 cm³/mol. The smallest absolute Gasteiger partial charge is 0.323 e. The van der Waals surface area contributed by atoms with Gasteiger partial charge in [-0.05, 0) is 32.0 Å². The lowest BCUT2D eigenvalue weighted by atomic mass is 10.3. The van der Waals surface area contributed by atoms with Crippen LogP contribution in [0.15, 0.2) is 23.1 Å². The van der Waals surface area contributed by atoms with Gasteiger partial charge in [0.1, 0.15) is 11.9 Å². The number of hydrogen-bond donors (Lipinski definition) is 1. The molecule has 8 heteroatoms. The molecule has 0 bridgehead atoms. The van der Waals surface area contributed by atoms with Crippen LogP contribution >= 0.6 is 11.6 Å². The first-order valence-electron chi connectivity index (χ1n) is 5.42. The molecule has 19 heavy (non-hydrogen) atoms. The second kappa shape index (κ2) is 6.31. The summed E-state index contributed by atoms with van der Waals surface area (Å²) >= 11 is 5.51. The molecule has 5 nitrogen and oxygen atoms in total. The molecule has 1 unspecified atom stereocenters. The third-order valence-corrected chi connectivity index (χ3v) is 4.00.